The maximum atomic E-state index is 5.63. The number of pyridine rings is 1. The molecular formula is C20H26N6S+2. The van der Waals surface area contributed by atoms with Crippen LogP contribution in [0.25, 0.3) is 0 Å². The number of aromatic amines is 1. The third kappa shape index (κ3) is 4.09. The van der Waals surface area contributed by atoms with Crippen molar-refractivity contribution in [2.24, 2.45) is 7.05 Å². The van der Waals surface area contributed by atoms with E-state index in [4.69, 9.17) is 17.3 Å². The largest absolute Gasteiger partial charge is 0.310 e. The monoisotopic (exact) mass is 382 g/mol. The maximum Gasteiger partial charge on any atom is 0.274 e. The van der Waals surface area contributed by atoms with Crippen LogP contribution in [-0.2, 0) is 20.1 Å². The molecule has 1 aliphatic rings. The van der Waals surface area contributed by atoms with Crippen LogP contribution in [0.1, 0.15) is 11.4 Å². The smallest absolute Gasteiger partial charge is 0.274 e. The van der Waals surface area contributed by atoms with Crippen molar-refractivity contribution in [3.8, 4) is 0 Å². The Labute approximate surface area is 164 Å². The molecule has 1 aliphatic heterocycles. The Morgan fingerprint density at radius 1 is 1.07 bits per heavy atom. The zero-order valence-corrected chi connectivity index (χ0v) is 16.5. The lowest BCUT2D eigenvalue weighted by Gasteiger charge is -2.27. The summed E-state index contributed by atoms with van der Waals surface area (Å²) in [5.74, 6) is 2.21. The van der Waals surface area contributed by atoms with E-state index in [1.807, 2.05) is 34.6 Å². The van der Waals surface area contributed by atoms with Gasteiger partial charge in [0.1, 0.15) is 32.0 Å². The first-order valence-corrected chi connectivity index (χ1v) is 9.83. The lowest BCUT2D eigenvalue weighted by molar-refractivity contribution is -0.924. The highest BCUT2D eigenvalue weighted by Gasteiger charge is 2.26. The molecule has 0 atom stereocenters. The van der Waals surface area contributed by atoms with Crippen molar-refractivity contribution >= 4 is 18.0 Å². The molecule has 1 aromatic carbocycles. The second-order valence-corrected chi connectivity index (χ2v) is 7.43. The van der Waals surface area contributed by atoms with E-state index in [0.29, 0.717) is 0 Å². The maximum absolute atomic E-state index is 5.63. The van der Waals surface area contributed by atoms with Crippen molar-refractivity contribution in [3.63, 3.8) is 0 Å². The summed E-state index contributed by atoms with van der Waals surface area (Å²) in [4.78, 5) is 7.25. The van der Waals surface area contributed by atoms with Crippen molar-refractivity contribution in [1.82, 2.24) is 14.3 Å². The van der Waals surface area contributed by atoms with Gasteiger partial charge in [-0.3, -0.25) is 4.90 Å². The van der Waals surface area contributed by atoms with Gasteiger partial charge in [-0.1, -0.05) is 36.4 Å². The third-order valence-corrected chi connectivity index (χ3v) is 5.70. The number of hydrogen-bond donors (Lipinski definition) is 1. The van der Waals surface area contributed by atoms with Crippen LogP contribution in [-0.4, -0.2) is 40.5 Å². The molecule has 2 N–H and O–H groups in total. The van der Waals surface area contributed by atoms with E-state index >= 15 is 0 Å². The molecule has 27 heavy (non-hydrogen) atoms. The third-order valence-electron chi connectivity index (χ3n) is 5.21. The molecule has 1 saturated heterocycles. The van der Waals surface area contributed by atoms with E-state index in [2.05, 4.69) is 46.3 Å². The van der Waals surface area contributed by atoms with Crippen LogP contribution in [0.5, 0.6) is 0 Å². The fourth-order valence-corrected chi connectivity index (χ4v) is 3.79. The van der Waals surface area contributed by atoms with Gasteiger partial charge in [0.2, 0.25) is 4.77 Å². The lowest BCUT2D eigenvalue weighted by atomic mass is 10.1. The summed E-state index contributed by atoms with van der Waals surface area (Å²) in [7, 11) is 2.02. The van der Waals surface area contributed by atoms with Crippen LogP contribution >= 0.6 is 12.2 Å². The molecule has 0 radical (unpaired) electrons. The summed E-state index contributed by atoms with van der Waals surface area (Å²) in [5.41, 5.74) is 1.26. The van der Waals surface area contributed by atoms with Gasteiger partial charge < -0.3 is 9.47 Å². The van der Waals surface area contributed by atoms with E-state index < -0.39 is 0 Å². The molecule has 0 aliphatic carbocycles. The molecule has 7 heteroatoms. The molecule has 1 fully saturated rings. The fourth-order valence-electron chi connectivity index (χ4n) is 3.58. The van der Waals surface area contributed by atoms with Crippen LogP contribution in [0, 0.1) is 4.77 Å². The number of hydrogen-bond acceptors (Lipinski definition) is 3. The molecule has 0 bridgehead atoms. The summed E-state index contributed by atoms with van der Waals surface area (Å²) in [6.45, 7) is 5.05. The van der Waals surface area contributed by atoms with E-state index in [0.717, 1.165) is 49.9 Å². The molecule has 0 amide bonds. The van der Waals surface area contributed by atoms with Crippen LogP contribution in [0.4, 0.5) is 5.82 Å². The van der Waals surface area contributed by atoms with Gasteiger partial charge in [0.15, 0.2) is 6.67 Å². The van der Waals surface area contributed by atoms with Crippen molar-refractivity contribution < 1.29 is 9.88 Å². The average molecular weight is 383 g/mol. The topological polar surface area (TPSA) is 44.6 Å². The molecule has 2 aromatic heterocycles. The van der Waals surface area contributed by atoms with Gasteiger partial charge >= 0.3 is 0 Å². The molecular weight excluding hydrogens is 356 g/mol. The zero-order chi connectivity index (χ0) is 18.6. The Morgan fingerprint density at radius 3 is 2.52 bits per heavy atom. The molecule has 0 unspecified atom stereocenters. The highest BCUT2D eigenvalue weighted by molar-refractivity contribution is 7.71. The zero-order valence-electron chi connectivity index (χ0n) is 15.6. The molecule has 140 valence electrons. The predicted molar refractivity (Wildman–Crippen MR) is 107 cm³/mol. The molecule has 4 rings (SSSR count). The van der Waals surface area contributed by atoms with E-state index in [9.17, 15) is 0 Å². The van der Waals surface area contributed by atoms with E-state index in [1.165, 1.54) is 16.3 Å². The Bertz CT molecular complexity index is 926. The van der Waals surface area contributed by atoms with Crippen molar-refractivity contribution in [3.05, 3.63) is 70.9 Å². The van der Waals surface area contributed by atoms with Gasteiger partial charge in [0, 0.05) is 19.5 Å². The van der Waals surface area contributed by atoms with Crippen LogP contribution < -0.4 is 14.8 Å². The fraction of sp³-hybridized carbons (Fsp3) is 0.350. The quantitative estimate of drug-likeness (QED) is 0.662. The molecule has 6 nitrogen and oxygen atoms in total. The van der Waals surface area contributed by atoms with Gasteiger partial charge in [0.25, 0.3) is 5.82 Å². The normalized spacial score (nSPS) is 15.2. The number of benzene rings is 1. The lowest BCUT2D eigenvalue weighted by Crippen LogP contribution is -3.14. The van der Waals surface area contributed by atoms with Crippen molar-refractivity contribution in [1.29, 1.82) is 0 Å². The standard InChI is InChI=1S/C20H24N6S/c1-23-19(15-17-7-3-2-4-8-17)22-26(20(23)27)16-24-11-13-25(14-12-24)18-9-5-6-10-21-18/h2-10H,11-16H2,1H3/p+2. The van der Waals surface area contributed by atoms with Crippen LogP contribution in [0.3, 0.4) is 0 Å². The van der Waals surface area contributed by atoms with Gasteiger partial charge in [-0.15, -0.1) is 0 Å². The SMILES string of the molecule is Cn1c(Cc2ccccc2)nn(C[NH+]2CCN(c3cccc[nH+]3)CC2)c1=S. The minimum absolute atomic E-state index is 0.798. The second-order valence-electron chi connectivity index (χ2n) is 7.06. The molecule has 0 spiro atoms. The van der Waals surface area contributed by atoms with Crippen LogP contribution in [0.2, 0.25) is 0 Å². The minimum Gasteiger partial charge on any atom is -0.310 e. The van der Waals surface area contributed by atoms with Crippen LogP contribution in [0.15, 0.2) is 54.7 Å². The number of piperazine rings is 1. The first kappa shape index (κ1) is 17.9. The Hall–Kier alpha value is -2.51. The average Bonchev–Trinajstić information content (AvgIpc) is 2.98. The van der Waals surface area contributed by atoms with Gasteiger partial charge in [-0.25, -0.2) is 4.98 Å². The number of H-pyrrole nitrogens is 1. The first-order chi connectivity index (χ1) is 13.2. The Kier molecular flexibility index (Phi) is 5.31. The number of aromatic nitrogens is 4. The van der Waals surface area contributed by atoms with Gasteiger partial charge in [0.05, 0.1) is 6.20 Å². The molecule has 3 aromatic rings. The molecule has 3 heterocycles. The Balaban J connectivity index is 1.40. The first-order valence-electron chi connectivity index (χ1n) is 9.42. The number of anilines is 1. The summed E-state index contributed by atoms with van der Waals surface area (Å²) in [5, 5.41) is 4.81. The Morgan fingerprint density at radius 2 is 1.81 bits per heavy atom. The summed E-state index contributed by atoms with van der Waals surface area (Å²) >= 11 is 5.63. The number of quaternary nitrogens is 1. The predicted octanol–water partition coefficient (Wildman–Crippen LogP) is 0.719. The minimum atomic E-state index is 0.798. The summed E-state index contributed by atoms with van der Waals surface area (Å²) in [6, 6.07) is 16.7. The highest BCUT2D eigenvalue weighted by Crippen LogP contribution is 2.08. The molecule has 0 saturated carbocycles. The number of rotatable bonds is 5. The summed E-state index contributed by atoms with van der Waals surface area (Å²) in [6.07, 6.45) is 2.79. The van der Waals surface area contributed by atoms with E-state index in [1.54, 1.807) is 0 Å². The summed E-state index contributed by atoms with van der Waals surface area (Å²) < 4.78 is 4.83. The highest BCUT2D eigenvalue weighted by atomic mass is 32.1. The second kappa shape index (κ2) is 8.02. The number of nitrogens with zero attached hydrogens (tertiary/aromatic N) is 4. The number of nitrogens with one attached hydrogen (secondary N) is 2. The van der Waals surface area contributed by atoms with Crippen molar-refractivity contribution in [2.75, 3.05) is 31.1 Å². The van der Waals surface area contributed by atoms with Gasteiger partial charge in [-0.2, -0.15) is 9.78 Å². The van der Waals surface area contributed by atoms with Gasteiger partial charge in [-0.05, 0) is 23.8 Å². The van der Waals surface area contributed by atoms with E-state index in [-0.39, 0.29) is 0 Å². The van der Waals surface area contributed by atoms with Crippen molar-refractivity contribution in [2.45, 2.75) is 13.1 Å².